The molecule has 1 N–H and O–H groups in total. The third-order valence-electron chi connectivity index (χ3n) is 5.45. The molecule has 3 aliphatic rings. The number of amides is 1. The van der Waals surface area contributed by atoms with Gasteiger partial charge in [0.15, 0.2) is 0 Å². The standard InChI is InChI=1S/C24H19N3O3S/c1-3-26-17-11-7-8-12-18(17)31-19(26)13-16-22(28)21(23(16)29)20-14(2)25-27(24(20)30)15-9-5-4-6-10-15/h4-13,28H,3H2,1-2H3/b19-13-,21-20?. The van der Waals surface area contributed by atoms with Gasteiger partial charge in [0.25, 0.3) is 5.91 Å². The molecule has 31 heavy (non-hydrogen) atoms. The molecule has 6 nitrogen and oxygen atoms in total. The number of carbonyl (C=O) groups is 2. The lowest BCUT2D eigenvalue weighted by Crippen LogP contribution is -2.29. The molecule has 0 radical (unpaired) electrons. The molecule has 0 bridgehead atoms. The summed E-state index contributed by atoms with van der Waals surface area (Å²) >= 11 is 1.56. The monoisotopic (exact) mass is 429 g/mol. The van der Waals surface area contributed by atoms with Crippen molar-refractivity contribution in [2.45, 2.75) is 18.7 Å². The summed E-state index contributed by atoms with van der Waals surface area (Å²) in [6.07, 6.45) is 1.71. The lowest BCUT2D eigenvalue weighted by Gasteiger charge is -2.23. The summed E-state index contributed by atoms with van der Waals surface area (Å²) < 4.78 is 0. The fourth-order valence-electron chi connectivity index (χ4n) is 3.94. The predicted octanol–water partition coefficient (Wildman–Crippen LogP) is 4.57. The Hall–Kier alpha value is -3.58. The largest absolute Gasteiger partial charge is 0.506 e. The van der Waals surface area contributed by atoms with Crippen LogP contribution >= 0.6 is 11.8 Å². The summed E-state index contributed by atoms with van der Waals surface area (Å²) in [5.74, 6) is -0.911. The van der Waals surface area contributed by atoms with E-state index in [-0.39, 0.29) is 28.3 Å². The maximum absolute atomic E-state index is 13.0. The van der Waals surface area contributed by atoms with Gasteiger partial charge in [-0.3, -0.25) is 9.59 Å². The Kier molecular flexibility index (Phi) is 4.55. The average Bonchev–Trinajstić information content (AvgIpc) is 3.29. The molecule has 154 valence electrons. The van der Waals surface area contributed by atoms with Crippen LogP contribution in [0.5, 0.6) is 0 Å². The molecule has 0 unspecified atom stereocenters. The van der Waals surface area contributed by atoms with Crippen LogP contribution in [0.4, 0.5) is 11.4 Å². The summed E-state index contributed by atoms with van der Waals surface area (Å²) in [6.45, 7) is 4.45. The van der Waals surface area contributed by atoms with Crippen LogP contribution in [0, 0.1) is 0 Å². The van der Waals surface area contributed by atoms with Crippen molar-refractivity contribution in [1.82, 2.24) is 0 Å². The van der Waals surface area contributed by atoms with Gasteiger partial charge in [-0.15, -0.1) is 0 Å². The van der Waals surface area contributed by atoms with Gasteiger partial charge < -0.3 is 10.0 Å². The minimum absolute atomic E-state index is 0.0418. The van der Waals surface area contributed by atoms with Crippen molar-refractivity contribution in [3.05, 3.63) is 88.2 Å². The van der Waals surface area contributed by atoms with E-state index in [9.17, 15) is 14.7 Å². The molecule has 0 aromatic heterocycles. The van der Waals surface area contributed by atoms with E-state index in [2.05, 4.69) is 10.0 Å². The third kappa shape index (κ3) is 2.92. The molecule has 0 saturated carbocycles. The van der Waals surface area contributed by atoms with Crippen molar-refractivity contribution >= 4 is 40.5 Å². The Morgan fingerprint density at radius 2 is 1.74 bits per heavy atom. The number of hydrogen-bond acceptors (Lipinski definition) is 6. The number of fused-ring (bicyclic) bond motifs is 1. The molecular weight excluding hydrogens is 410 g/mol. The summed E-state index contributed by atoms with van der Waals surface area (Å²) in [6, 6.07) is 17.0. The summed E-state index contributed by atoms with van der Waals surface area (Å²) in [7, 11) is 0. The first kappa shape index (κ1) is 19.4. The summed E-state index contributed by atoms with van der Waals surface area (Å²) in [4.78, 5) is 29.2. The van der Waals surface area contributed by atoms with E-state index >= 15 is 0 Å². The number of carbonyl (C=O) groups excluding carboxylic acids is 2. The normalized spacial score (nSPS) is 21.7. The highest BCUT2D eigenvalue weighted by Gasteiger charge is 2.42. The number of anilines is 2. The number of Topliss-reactive ketones (excluding diaryl/α,β-unsaturated/α-hetero) is 1. The van der Waals surface area contributed by atoms with Crippen molar-refractivity contribution in [1.29, 1.82) is 0 Å². The second-order valence-electron chi connectivity index (χ2n) is 7.28. The first-order valence-electron chi connectivity index (χ1n) is 9.95. The van der Waals surface area contributed by atoms with E-state index in [1.165, 1.54) is 5.01 Å². The Morgan fingerprint density at radius 3 is 2.45 bits per heavy atom. The van der Waals surface area contributed by atoms with Gasteiger partial charge in [0.2, 0.25) is 5.78 Å². The number of ketones is 1. The summed E-state index contributed by atoms with van der Waals surface area (Å²) in [5.41, 5.74) is 2.52. The number of hydrogen-bond donors (Lipinski definition) is 1. The molecule has 1 amide bonds. The van der Waals surface area contributed by atoms with Crippen LogP contribution in [-0.2, 0) is 9.59 Å². The van der Waals surface area contributed by atoms with E-state index in [0.717, 1.165) is 22.2 Å². The zero-order chi connectivity index (χ0) is 21.7. The van der Waals surface area contributed by atoms with Crippen molar-refractivity contribution in [2.75, 3.05) is 16.5 Å². The van der Waals surface area contributed by atoms with E-state index in [1.54, 1.807) is 36.9 Å². The zero-order valence-corrected chi connectivity index (χ0v) is 17.8. The van der Waals surface area contributed by atoms with Crippen LogP contribution in [0.25, 0.3) is 0 Å². The fraction of sp³-hybridized carbons (Fsp3) is 0.125. The molecule has 2 aromatic rings. The van der Waals surface area contributed by atoms with Crippen molar-refractivity contribution in [3.63, 3.8) is 0 Å². The third-order valence-corrected chi connectivity index (χ3v) is 6.57. The van der Waals surface area contributed by atoms with Gasteiger partial charge in [-0.2, -0.15) is 10.1 Å². The van der Waals surface area contributed by atoms with Crippen LogP contribution in [0.15, 0.2) is 98.2 Å². The van der Waals surface area contributed by atoms with Gasteiger partial charge >= 0.3 is 0 Å². The number of rotatable bonds is 3. The molecule has 2 heterocycles. The number of thioether (sulfide) groups is 1. The minimum atomic E-state index is -0.414. The van der Waals surface area contributed by atoms with Crippen LogP contribution in [-0.4, -0.2) is 29.1 Å². The van der Waals surface area contributed by atoms with Gasteiger partial charge in [0, 0.05) is 11.4 Å². The average molecular weight is 430 g/mol. The number of aliphatic hydroxyl groups is 1. The lowest BCUT2D eigenvalue weighted by atomic mass is 9.83. The Bertz CT molecular complexity index is 1260. The molecule has 0 atom stereocenters. The number of para-hydroxylation sites is 2. The fourth-order valence-corrected chi connectivity index (χ4v) is 5.10. The lowest BCUT2D eigenvalue weighted by molar-refractivity contribution is -0.116. The quantitative estimate of drug-likeness (QED) is 0.724. The van der Waals surface area contributed by atoms with E-state index in [1.807, 2.05) is 49.4 Å². The zero-order valence-electron chi connectivity index (χ0n) is 17.0. The van der Waals surface area contributed by atoms with Crippen LogP contribution in [0.3, 0.4) is 0 Å². The predicted molar refractivity (Wildman–Crippen MR) is 122 cm³/mol. The highest BCUT2D eigenvalue weighted by molar-refractivity contribution is 8.03. The topological polar surface area (TPSA) is 73.2 Å². The van der Waals surface area contributed by atoms with Gasteiger partial charge in [0.1, 0.15) is 5.76 Å². The smallest absolute Gasteiger partial charge is 0.281 e. The number of allylic oxidation sites excluding steroid dienone is 3. The number of nitrogens with zero attached hydrogens (tertiary/aromatic N) is 3. The van der Waals surface area contributed by atoms with E-state index in [4.69, 9.17) is 0 Å². The first-order chi connectivity index (χ1) is 15.0. The van der Waals surface area contributed by atoms with Gasteiger partial charge in [0.05, 0.1) is 38.8 Å². The highest BCUT2D eigenvalue weighted by Crippen LogP contribution is 2.47. The minimum Gasteiger partial charge on any atom is -0.506 e. The summed E-state index contributed by atoms with van der Waals surface area (Å²) in [5, 5.41) is 17.2. The molecule has 0 spiro atoms. The molecule has 2 aliphatic heterocycles. The molecule has 7 heteroatoms. The molecule has 0 saturated heterocycles. The van der Waals surface area contributed by atoms with Gasteiger partial charge in [-0.1, -0.05) is 42.1 Å². The second-order valence-corrected chi connectivity index (χ2v) is 8.34. The van der Waals surface area contributed by atoms with Crippen molar-refractivity contribution in [2.24, 2.45) is 5.10 Å². The number of hydrazone groups is 1. The molecular formula is C24H19N3O3S. The van der Waals surface area contributed by atoms with Crippen LogP contribution in [0.1, 0.15) is 13.8 Å². The van der Waals surface area contributed by atoms with Crippen molar-refractivity contribution in [3.8, 4) is 0 Å². The maximum Gasteiger partial charge on any atom is 0.281 e. The molecule has 2 aromatic carbocycles. The SMILES string of the molecule is CCN1/C(=C/C2=C(O)C(=C3C(=O)N(c4ccccc4)N=C3C)C2=O)Sc2ccccc21. The Balaban J connectivity index is 1.51. The van der Waals surface area contributed by atoms with E-state index < -0.39 is 5.91 Å². The molecule has 0 fully saturated rings. The van der Waals surface area contributed by atoms with Crippen LogP contribution in [0.2, 0.25) is 0 Å². The van der Waals surface area contributed by atoms with Gasteiger partial charge in [-0.05, 0) is 44.2 Å². The second kappa shape index (κ2) is 7.28. The van der Waals surface area contributed by atoms with Crippen LogP contribution < -0.4 is 9.91 Å². The Labute approximate surface area is 183 Å². The Morgan fingerprint density at radius 1 is 1.03 bits per heavy atom. The van der Waals surface area contributed by atoms with E-state index in [0.29, 0.717) is 11.4 Å². The first-order valence-corrected chi connectivity index (χ1v) is 10.8. The molecule has 5 rings (SSSR count). The number of aliphatic hydroxyl groups excluding tert-OH is 1. The van der Waals surface area contributed by atoms with Gasteiger partial charge in [-0.25, -0.2) is 0 Å². The number of benzene rings is 2. The maximum atomic E-state index is 13.0. The highest BCUT2D eigenvalue weighted by atomic mass is 32.2. The molecule has 1 aliphatic carbocycles. The van der Waals surface area contributed by atoms with Crippen molar-refractivity contribution < 1.29 is 14.7 Å².